The number of aromatic nitrogens is 2. The summed E-state index contributed by atoms with van der Waals surface area (Å²) >= 11 is 0. The second-order valence-corrected chi connectivity index (χ2v) is 4.04. The van der Waals surface area contributed by atoms with Crippen LogP contribution >= 0.6 is 0 Å². The summed E-state index contributed by atoms with van der Waals surface area (Å²) < 4.78 is 5.02. The number of benzene rings is 1. The summed E-state index contributed by atoms with van der Waals surface area (Å²) in [5.41, 5.74) is 3.26. The van der Waals surface area contributed by atoms with Crippen molar-refractivity contribution in [3.63, 3.8) is 0 Å². The van der Waals surface area contributed by atoms with Crippen molar-refractivity contribution >= 4 is 29.0 Å². The van der Waals surface area contributed by atoms with Crippen LogP contribution in [0.15, 0.2) is 24.3 Å². The molecule has 4 nitrogen and oxygen atoms in total. The van der Waals surface area contributed by atoms with Crippen molar-refractivity contribution in [2.24, 2.45) is 0 Å². The fraction of sp³-hybridized carbons (Fsp3) is 0.143. The fourth-order valence-electron chi connectivity index (χ4n) is 2.11. The number of esters is 1. The van der Waals surface area contributed by atoms with Crippen LogP contribution in [0.3, 0.4) is 0 Å². The Hall–Kier alpha value is -2.36. The minimum Gasteiger partial charge on any atom is -0.462 e. The van der Waals surface area contributed by atoms with Crippen LogP contribution in [0, 0.1) is 0 Å². The first-order valence-electron chi connectivity index (χ1n) is 5.83. The predicted octanol–water partition coefficient (Wildman–Crippen LogP) is 2.78. The number of nitrogens with zero attached hydrogens (tertiary/aromatic N) is 1. The third kappa shape index (κ3) is 1.62. The van der Waals surface area contributed by atoms with Crippen LogP contribution < -0.4 is 0 Å². The van der Waals surface area contributed by atoms with Gasteiger partial charge in [0.25, 0.3) is 0 Å². The maximum Gasteiger partial charge on any atom is 0.338 e. The van der Waals surface area contributed by atoms with E-state index in [4.69, 9.17) is 4.74 Å². The van der Waals surface area contributed by atoms with Crippen LogP contribution in [0.1, 0.15) is 28.5 Å². The van der Waals surface area contributed by atoms with Gasteiger partial charge in [-0.05, 0) is 30.7 Å². The second-order valence-electron chi connectivity index (χ2n) is 4.04. The number of hydrogen-bond donors (Lipinski definition) is 1. The molecule has 0 spiro atoms. The highest BCUT2D eigenvalue weighted by Crippen LogP contribution is 2.27. The highest BCUT2D eigenvalue weighted by Gasteiger charge is 2.14. The standard InChI is InChI=1S/C14H12N2O2/c1-2-18-14(17)10-7-9-5-3-4-6-11-13(9)12(8-10)16-15-11/h3-8H,2H2,1H3,(H,15,16). The lowest BCUT2D eigenvalue weighted by atomic mass is 10.0. The monoisotopic (exact) mass is 240 g/mol. The maximum atomic E-state index is 11.8. The lowest BCUT2D eigenvalue weighted by Crippen LogP contribution is -2.04. The van der Waals surface area contributed by atoms with Crippen molar-refractivity contribution in [1.82, 2.24) is 10.2 Å². The molecule has 1 aromatic carbocycles. The van der Waals surface area contributed by atoms with Gasteiger partial charge in [0.1, 0.15) is 0 Å². The summed E-state index contributed by atoms with van der Waals surface area (Å²) in [4.78, 5) is 11.8. The molecule has 1 aliphatic carbocycles. The number of ether oxygens (including phenoxy) is 1. The molecule has 4 heteroatoms. The van der Waals surface area contributed by atoms with Gasteiger partial charge in [-0.15, -0.1) is 0 Å². The summed E-state index contributed by atoms with van der Waals surface area (Å²) in [5, 5.41) is 8.21. The Morgan fingerprint density at radius 3 is 3.00 bits per heavy atom. The molecule has 3 rings (SSSR count). The lowest BCUT2D eigenvalue weighted by Gasteiger charge is -2.04. The summed E-state index contributed by atoms with van der Waals surface area (Å²) in [7, 11) is 0. The molecule has 0 aliphatic heterocycles. The Kier molecular flexibility index (Phi) is 2.48. The minimum atomic E-state index is -0.308. The van der Waals surface area contributed by atoms with E-state index in [9.17, 15) is 4.79 Å². The number of H-pyrrole nitrogens is 1. The Balaban J connectivity index is 2.21. The Morgan fingerprint density at radius 2 is 2.17 bits per heavy atom. The van der Waals surface area contributed by atoms with Gasteiger partial charge >= 0.3 is 5.97 Å². The van der Waals surface area contributed by atoms with Crippen molar-refractivity contribution in [2.75, 3.05) is 6.61 Å². The SMILES string of the molecule is CCOC(=O)c1cc2c3c(n[nH]c3c1)C=CC=C2. The molecule has 90 valence electrons. The largest absolute Gasteiger partial charge is 0.462 e. The van der Waals surface area contributed by atoms with Crippen molar-refractivity contribution < 1.29 is 9.53 Å². The lowest BCUT2D eigenvalue weighted by molar-refractivity contribution is 0.0526. The van der Waals surface area contributed by atoms with Crippen molar-refractivity contribution in [3.05, 3.63) is 41.1 Å². The Labute approximate surface area is 104 Å². The van der Waals surface area contributed by atoms with Gasteiger partial charge in [0.2, 0.25) is 0 Å². The van der Waals surface area contributed by atoms with E-state index in [0.717, 1.165) is 22.2 Å². The van der Waals surface area contributed by atoms with Gasteiger partial charge in [-0.1, -0.05) is 18.2 Å². The van der Waals surface area contributed by atoms with Gasteiger partial charge in [-0.25, -0.2) is 4.79 Å². The third-order valence-corrected chi connectivity index (χ3v) is 2.87. The number of nitrogens with one attached hydrogen (secondary N) is 1. The first kappa shape index (κ1) is 10.8. The average molecular weight is 240 g/mol. The zero-order valence-electron chi connectivity index (χ0n) is 9.93. The van der Waals surface area contributed by atoms with Gasteiger partial charge in [-0.3, -0.25) is 5.10 Å². The molecule has 2 aromatic rings. The first-order chi connectivity index (χ1) is 8.79. The van der Waals surface area contributed by atoms with E-state index in [2.05, 4.69) is 10.2 Å². The molecule has 0 amide bonds. The van der Waals surface area contributed by atoms with Gasteiger partial charge in [0.05, 0.1) is 23.4 Å². The second kappa shape index (κ2) is 4.14. The van der Waals surface area contributed by atoms with E-state index in [1.54, 1.807) is 13.0 Å². The summed E-state index contributed by atoms with van der Waals surface area (Å²) in [6.45, 7) is 2.17. The zero-order valence-corrected chi connectivity index (χ0v) is 9.93. The highest BCUT2D eigenvalue weighted by molar-refractivity contribution is 6.01. The van der Waals surface area contributed by atoms with E-state index in [1.165, 1.54) is 0 Å². The van der Waals surface area contributed by atoms with E-state index >= 15 is 0 Å². The number of carbonyl (C=O) groups is 1. The summed E-state index contributed by atoms with van der Waals surface area (Å²) in [6.07, 6.45) is 7.77. The Morgan fingerprint density at radius 1 is 1.33 bits per heavy atom. The number of hydrogen-bond acceptors (Lipinski definition) is 3. The molecule has 18 heavy (non-hydrogen) atoms. The molecule has 1 heterocycles. The van der Waals surface area contributed by atoms with E-state index in [0.29, 0.717) is 12.2 Å². The number of allylic oxidation sites excluding steroid dienone is 2. The molecule has 0 radical (unpaired) electrons. The average Bonchev–Trinajstić information content (AvgIpc) is 2.65. The zero-order chi connectivity index (χ0) is 12.5. The fourth-order valence-corrected chi connectivity index (χ4v) is 2.11. The highest BCUT2D eigenvalue weighted by atomic mass is 16.5. The molecule has 0 bridgehead atoms. The molecule has 0 fully saturated rings. The number of rotatable bonds is 2. The molecule has 1 aliphatic rings. The minimum absolute atomic E-state index is 0.308. The molecular weight excluding hydrogens is 228 g/mol. The van der Waals surface area contributed by atoms with Crippen LogP contribution in [0.2, 0.25) is 0 Å². The van der Waals surface area contributed by atoms with Gasteiger partial charge in [-0.2, -0.15) is 5.10 Å². The normalized spacial score (nSPS) is 12.7. The van der Waals surface area contributed by atoms with Gasteiger partial charge in [0.15, 0.2) is 0 Å². The number of carbonyl (C=O) groups excluding carboxylic acids is 1. The predicted molar refractivity (Wildman–Crippen MR) is 70.1 cm³/mol. The van der Waals surface area contributed by atoms with E-state index in [1.807, 2.05) is 30.4 Å². The van der Waals surface area contributed by atoms with Crippen LogP contribution in [0.4, 0.5) is 0 Å². The molecule has 0 unspecified atom stereocenters. The van der Waals surface area contributed by atoms with Crippen molar-refractivity contribution in [1.29, 1.82) is 0 Å². The summed E-state index contributed by atoms with van der Waals surface area (Å²) in [5.74, 6) is -0.308. The van der Waals surface area contributed by atoms with Gasteiger partial charge in [0, 0.05) is 5.39 Å². The topological polar surface area (TPSA) is 55.0 Å². The molecule has 0 saturated carbocycles. The van der Waals surface area contributed by atoms with Gasteiger partial charge < -0.3 is 4.74 Å². The van der Waals surface area contributed by atoms with E-state index < -0.39 is 0 Å². The summed E-state index contributed by atoms with van der Waals surface area (Å²) in [6, 6.07) is 3.61. The van der Waals surface area contributed by atoms with Crippen molar-refractivity contribution in [3.8, 4) is 0 Å². The molecule has 0 saturated heterocycles. The smallest absolute Gasteiger partial charge is 0.338 e. The molecule has 1 aromatic heterocycles. The molecule has 0 atom stereocenters. The Bertz CT molecular complexity index is 680. The third-order valence-electron chi connectivity index (χ3n) is 2.87. The molecular formula is C14H12N2O2. The van der Waals surface area contributed by atoms with Crippen LogP contribution in [-0.2, 0) is 4.74 Å². The number of aromatic amines is 1. The maximum absolute atomic E-state index is 11.8. The van der Waals surface area contributed by atoms with Crippen LogP contribution in [0.5, 0.6) is 0 Å². The van der Waals surface area contributed by atoms with Crippen molar-refractivity contribution in [2.45, 2.75) is 6.92 Å². The quantitative estimate of drug-likeness (QED) is 0.821. The first-order valence-corrected chi connectivity index (χ1v) is 5.83. The van der Waals surface area contributed by atoms with E-state index in [-0.39, 0.29) is 5.97 Å². The van der Waals surface area contributed by atoms with Crippen LogP contribution in [-0.4, -0.2) is 22.8 Å². The molecule has 1 N–H and O–H groups in total. The van der Waals surface area contributed by atoms with Crippen LogP contribution in [0.25, 0.3) is 23.1 Å².